The van der Waals surface area contributed by atoms with Crippen molar-refractivity contribution in [3.05, 3.63) is 0 Å². The van der Waals surface area contributed by atoms with Crippen LogP contribution in [-0.4, -0.2) is 19.9 Å². The number of hydrogen-bond donors (Lipinski definition) is 1. The fourth-order valence-corrected chi connectivity index (χ4v) is 1.88. The van der Waals surface area contributed by atoms with E-state index in [1.807, 2.05) is 0 Å². The molecule has 1 spiro atoms. The van der Waals surface area contributed by atoms with Gasteiger partial charge in [0.15, 0.2) is 0 Å². The zero-order valence-corrected chi connectivity index (χ0v) is 5.81. The van der Waals surface area contributed by atoms with Gasteiger partial charge in [-0.2, -0.15) is 0 Å². The van der Waals surface area contributed by atoms with E-state index in [2.05, 4.69) is 5.32 Å². The van der Waals surface area contributed by atoms with Gasteiger partial charge in [-0.1, -0.05) is 6.42 Å². The summed E-state index contributed by atoms with van der Waals surface area (Å²) in [4.78, 5) is 0. The van der Waals surface area contributed by atoms with Crippen molar-refractivity contribution in [1.82, 2.24) is 5.32 Å². The van der Waals surface area contributed by atoms with Crippen LogP contribution in [0.2, 0.25) is 0 Å². The molecule has 1 aliphatic heterocycles. The summed E-state index contributed by atoms with van der Waals surface area (Å²) in [6.45, 7) is 1.19. The second-order valence-corrected chi connectivity index (χ2v) is 3.21. The van der Waals surface area contributed by atoms with E-state index in [0.29, 0.717) is 11.6 Å². The van der Waals surface area contributed by atoms with E-state index in [-0.39, 0.29) is 0 Å². The average molecular weight is 127 g/mol. The van der Waals surface area contributed by atoms with Gasteiger partial charge in [-0.05, 0) is 12.8 Å². The normalized spacial score (nSPS) is 37.7. The summed E-state index contributed by atoms with van der Waals surface area (Å²) in [6.07, 6.45) is 4.53. The Morgan fingerprint density at radius 2 is 2.33 bits per heavy atom. The van der Waals surface area contributed by atoms with Gasteiger partial charge in [-0.3, -0.25) is 5.32 Å². The zero-order valence-electron chi connectivity index (χ0n) is 5.81. The molecule has 0 radical (unpaired) electrons. The quantitative estimate of drug-likeness (QED) is 0.560. The third kappa shape index (κ3) is 0.578. The number of rotatable bonds is 1. The Hall–Kier alpha value is -0.0800. The van der Waals surface area contributed by atoms with Crippen LogP contribution in [0, 0.1) is 5.41 Å². The summed E-state index contributed by atoms with van der Waals surface area (Å²) in [6, 6.07) is 0. The third-order valence-electron chi connectivity index (χ3n) is 2.78. The molecular weight excluding hydrogens is 114 g/mol. The van der Waals surface area contributed by atoms with Crippen LogP contribution < -0.4 is 5.32 Å². The summed E-state index contributed by atoms with van der Waals surface area (Å²) >= 11 is 0. The van der Waals surface area contributed by atoms with Crippen molar-refractivity contribution < 1.29 is 4.74 Å². The molecule has 2 fully saturated rings. The van der Waals surface area contributed by atoms with Gasteiger partial charge in [0.1, 0.15) is 6.23 Å². The largest absolute Gasteiger partial charge is 0.366 e. The molecule has 1 unspecified atom stereocenters. The molecule has 52 valence electrons. The highest BCUT2D eigenvalue weighted by atomic mass is 16.5. The van der Waals surface area contributed by atoms with E-state index in [1.165, 1.54) is 25.8 Å². The summed E-state index contributed by atoms with van der Waals surface area (Å²) in [5.41, 5.74) is 0.578. The van der Waals surface area contributed by atoms with Crippen LogP contribution in [-0.2, 0) is 4.74 Å². The molecule has 9 heavy (non-hydrogen) atoms. The molecule has 1 heterocycles. The van der Waals surface area contributed by atoms with Crippen molar-refractivity contribution in [1.29, 1.82) is 0 Å². The maximum absolute atomic E-state index is 5.23. The Morgan fingerprint density at radius 1 is 1.56 bits per heavy atom. The first-order valence-electron chi connectivity index (χ1n) is 3.64. The van der Waals surface area contributed by atoms with Crippen molar-refractivity contribution in [2.24, 2.45) is 5.41 Å². The van der Waals surface area contributed by atoms with Gasteiger partial charge < -0.3 is 4.74 Å². The number of methoxy groups -OCH3 is 1. The molecule has 1 atom stereocenters. The molecule has 1 saturated heterocycles. The zero-order chi connectivity index (χ0) is 6.32. The number of nitrogens with one attached hydrogen (secondary N) is 1. The summed E-state index contributed by atoms with van der Waals surface area (Å²) < 4.78 is 5.23. The molecular formula is C7H13NO. The Morgan fingerprint density at radius 3 is 2.44 bits per heavy atom. The molecule has 0 bridgehead atoms. The predicted molar refractivity (Wildman–Crippen MR) is 35.1 cm³/mol. The Labute approximate surface area is 55.6 Å². The Balaban J connectivity index is 1.97. The monoisotopic (exact) mass is 127 g/mol. The highest BCUT2D eigenvalue weighted by molar-refractivity contribution is 5.02. The standard InChI is InChI=1S/C7H13NO/c1-9-6-7(5-8-6)3-2-4-7/h6,8H,2-5H2,1H3. The van der Waals surface area contributed by atoms with Gasteiger partial charge in [-0.25, -0.2) is 0 Å². The molecule has 0 aromatic carbocycles. The van der Waals surface area contributed by atoms with Crippen LogP contribution in [0.3, 0.4) is 0 Å². The van der Waals surface area contributed by atoms with Gasteiger partial charge >= 0.3 is 0 Å². The minimum Gasteiger partial charge on any atom is -0.366 e. The van der Waals surface area contributed by atoms with Gasteiger partial charge in [0.05, 0.1) is 0 Å². The molecule has 2 nitrogen and oxygen atoms in total. The van der Waals surface area contributed by atoms with E-state index in [4.69, 9.17) is 4.74 Å². The van der Waals surface area contributed by atoms with Crippen LogP contribution in [0.1, 0.15) is 19.3 Å². The minimum atomic E-state index is 0.381. The van der Waals surface area contributed by atoms with Gasteiger partial charge in [0, 0.05) is 19.1 Å². The van der Waals surface area contributed by atoms with Crippen LogP contribution >= 0.6 is 0 Å². The van der Waals surface area contributed by atoms with Crippen molar-refractivity contribution in [2.75, 3.05) is 13.7 Å². The fraction of sp³-hybridized carbons (Fsp3) is 1.00. The summed E-state index contributed by atoms with van der Waals surface area (Å²) in [7, 11) is 1.79. The van der Waals surface area contributed by atoms with E-state index >= 15 is 0 Å². The molecule has 0 aromatic heterocycles. The first kappa shape index (κ1) is 5.69. The molecule has 2 rings (SSSR count). The molecule has 1 aliphatic carbocycles. The number of hydrogen-bond acceptors (Lipinski definition) is 2. The molecule has 1 saturated carbocycles. The lowest BCUT2D eigenvalue weighted by atomic mass is 9.63. The Kier molecular flexibility index (Phi) is 1.08. The first-order valence-corrected chi connectivity index (χ1v) is 3.64. The molecule has 0 amide bonds. The van der Waals surface area contributed by atoms with Crippen LogP contribution in [0.5, 0.6) is 0 Å². The van der Waals surface area contributed by atoms with E-state index in [9.17, 15) is 0 Å². The average Bonchev–Trinajstić information content (AvgIpc) is 1.59. The topological polar surface area (TPSA) is 21.3 Å². The van der Waals surface area contributed by atoms with Crippen molar-refractivity contribution >= 4 is 0 Å². The molecule has 2 heteroatoms. The van der Waals surface area contributed by atoms with Gasteiger partial charge in [0.25, 0.3) is 0 Å². The predicted octanol–water partition coefficient (Wildman–Crippen LogP) is 0.732. The lowest BCUT2D eigenvalue weighted by Crippen LogP contribution is -2.66. The lowest BCUT2D eigenvalue weighted by molar-refractivity contribution is -0.143. The van der Waals surface area contributed by atoms with Gasteiger partial charge in [-0.15, -0.1) is 0 Å². The van der Waals surface area contributed by atoms with Crippen LogP contribution in [0.15, 0.2) is 0 Å². The first-order chi connectivity index (χ1) is 4.37. The SMILES string of the molecule is COC1NCC12CCC2. The molecule has 0 aromatic rings. The van der Waals surface area contributed by atoms with Crippen LogP contribution in [0.25, 0.3) is 0 Å². The van der Waals surface area contributed by atoms with Crippen molar-refractivity contribution in [2.45, 2.75) is 25.5 Å². The highest BCUT2D eigenvalue weighted by Crippen LogP contribution is 2.48. The Bertz CT molecular complexity index is 113. The van der Waals surface area contributed by atoms with E-state index in [1.54, 1.807) is 7.11 Å². The smallest absolute Gasteiger partial charge is 0.114 e. The second kappa shape index (κ2) is 1.70. The van der Waals surface area contributed by atoms with Crippen LogP contribution in [0.4, 0.5) is 0 Å². The van der Waals surface area contributed by atoms with Crippen molar-refractivity contribution in [3.8, 4) is 0 Å². The minimum absolute atomic E-state index is 0.381. The highest BCUT2D eigenvalue weighted by Gasteiger charge is 2.50. The van der Waals surface area contributed by atoms with E-state index < -0.39 is 0 Å². The van der Waals surface area contributed by atoms with E-state index in [0.717, 1.165) is 0 Å². The summed E-state index contributed by atoms with van der Waals surface area (Å²) in [5.74, 6) is 0. The molecule has 2 aliphatic rings. The maximum atomic E-state index is 5.23. The molecule has 1 N–H and O–H groups in total. The lowest BCUT2D eigenvalue weighted by Gasteiger charge is -2.55. The third-order valence-corrected chi connectivity index (χ3v) is 2.78. The maximum Gasteiger partial charge on any atom is 0.114 e. The number of ether oxygens (including phenoxy) is 1. The summed E-state index contributed by atoms with van der Waals surface area (Å²) in [5, 5.41) is 3.27. The van der Waals surface area contributed by atoms with Gasteiger partial charge in [0.2, 0.25) is 0 Å². The van der Waals surface area contributed by atoms with Crippen molar-refractivity contribution in [3.63, 3.8) is 0 Å². The fourth-order valence-electron chi connectivity index (χ4n) is 1.88. The second-order valence-electron chi connectivity index (χ2n) is 3.21.